The van der Waals surface area contributed by atoms with E-state index in [9.17, 15) is 0 Å². The van der Waals surface area contributed by atoms with Crippen molar-refractivity contribution < 1.29 is 5.11 Å². The molecule has 0 aliphatic rings. The predicted molar refractivity (Wildman–Crippen MR) is 39.4 cm³/mol. The van der Waals surface area contributed by atoms with Crippen LogP contribution in [-0.4, -0.2) is 37.3 Å². The van der Waals surface area contributed by atoms with Crippen LogP contribution < -0.4 is 0 Å². The molecule has 0 atom stereocenters. The maximum atomic E-state index is 8.37. The van der Waals surface area contributed by atoms with Crippen molar-refractivity contribution >= 4 is 0 Å². The molecule has 9 heavy (non-hydrogen) atoms. The van der Waals surface area contributed by atoms with E-state index in [-0.39, 0.29) is 6.61 Å². The number of nitrogens with zero attached hydrogens (tertiary/aromatic N) is 1. The number of aliphatic hydroxyl groups excluding tert-OH is 1. The third-order valence-electron chi connectivity index (χ3n) is 0.933. The van der Waals surface area contributed by atoms with Gasteiger partial charge in [-0.15, -0.1) is 0 Å². The molecule has 0 unspecified atom stereocenters. The fraction of sp³-hybridized carbons (Fsp3) is 0.714. The Kier molecular flexibility index (Phi) is 5.57. The summed E-state index contributed by atoms with van der Waals surface area (Å²) in [6.45, 7) is 1.21. The van der Waals surface area contributed by atoms with Gasteiger partial charge in [0.15, 0.2) is 0 Å². The average Bonchev–Trinajstić information content (AvgIpc) is 1.80. The van der Waals surface area contributed by atoms with Gasteiger partial charge in [0.25, 0.3) is 0 Å². The molecule has 0 radical (unpaired) electrons. The van der Waals surface area contributed by atoms with Crippen molar-refractivity contribution in [1.29, 1.82) is 0 Å². The number of hydrogen-bond donors (Lipinski definition) is 1. The smallest absolute Gasteiger partial charge is 0.0465 e. The lowest BCUT2D eigenvalue weighted by atomic mass is 10.4. The highest BCUT2D eigenvalue weighted by Gasteiger charge is 1.80. The van der Waals surface area contributed by atoms with Crippen molar-refractivity contribution in [3.05, 3.63) is 12.2 Å². The van der Waals surface area contributed by atoms with E-state index in [0.717, 1.165) is 13.0 Å². The molecule has 0 amide bonds. The Balaban J connectivity index is 3.04. The van der Waals surface area contributed by atoms with E-state index in [1.807, 2.05) is 20.2 Å². The largest absolute Gasteiger partial charge is 0.396 e. The predicted octanol–water partition coefficient (Wildman–Crippen LogP) is 0.487. The highest BCUT2D eigenvalue weighted by molar-refractivity contribution is 4.82. The third-order valence-corrected chi connectivity index (χ3v) is 0.933. The molecule has 0 heterocycles. The topological polar surface area (TPSA) is 23.5 Å². The fourth-order valence-corrected chi connectivity index (χ4v) is 0.478. The van der Waals surface area contributed by atoms with E-state index in [1.165, 1.54) is 0 Å². The van der Waals surface area contributed by atoms with E-state index >= 15 is 0 Å². The summed E-state index contributed by atoms with van der Waals surface area (Å²) in [6.07, 6.45) is 4.81. The lowest BCUT2D eigenvalue weighted by Gasteiger charge is -2.02. The van der Waals surface area contributed by atoms with Gasteiger partial charge < -0.3 is 10.0 Å². The Bertz CT molecular complexity index is 79.0. The van der Waals surface area contributed by atoms with Crippen LogP contribution in [0.1, 0.15) is 6.42 Å². The molecule has 2 nitrogen and oxygen atoms in total. The molecule has 0 saturated heterocycles. The minimum Gasteiger partial charge on any atom is -0.396 e. The van der Waals surface area contributed by atoms with E-state index in [0.29, 0.717) is 0 Å². The summed E-state index contributed by atoms with van der Waals surface area (Å²) < 4.78 is 0. The normalized spacial score (nSPS) is 11.6. The summed E-state index contributed by atoms with van der Waals surface area (Å²) in [5.41, 5.74) is 0. The number of likely N-dealkylation sites (N-methyl/N-ethyl adjacent to an activating group) is 1. The maximum absolute atomic E-state index is 8.37. The van der Waals surface area contributed by atoms with Gasteiger partial charge in [-0.05, 0) is 20.5 Å². The van der Waals surface area contributed by atoms with Gasteiger partial charge in [0, 0.05) is 13.2 Å². The van der Waals surface area contributed by atoms with E-state index in [4.69, 9.17) is 5.11 Å². The van der Waals surface area contributed by atoms with E-state index in [2.05, 4.69) is 11.0 Å². The summed E-state index contributed by atoms with van der Waals surface area (Å²) in [5.74, 6) is 0. The lowest BCUT2D eigenvalue weighted by Crippen LogP contribution is -2.10. The highest BCUT2D eigenvalue weighted by atomic mass is 16.2. The third kappa shape index (κ3) is 7.66. The van der Waals surface area contributed by atoms with Crippen LogP contribution in [0.5, 0.6) is 0 Å². The minimum atomic E-state index is 0.254. The van der Waals surface area contributed by atoms with Crippen LogP contribution in [0.25, 0.3) is 0 Å². The molecule has 0 rings (SSSR count). The second-order valence-electron chi connectivity index (χ2n) is 2.25. The molecule has 2 heteroatoms. The van der Waals surface area contributed by atoms with Gasteiger partial charge in [-0.25, -0.2) is 0 Å². The van der Waals surface area contributed by atoms with Crippen LogP contribution in [0.4, 0.5) is 0 Å². The number of hydrogen-bond acceptors (Lipinski definition) is 2. The van der Waals surface area contributed by atoms with E-state index < -0.39 is 0 Å². The first-order valence-corrected chi connectivity index (χ1v) is 3.18. The Morgan fingerprint density at radius 1 is 1.33 bits per heavy atom. The standard InChI is InChI=1S/C7H15NO/c1-8(2)6-4-3-5-7-9/h3-4,9H,5-7H2,1-2H3/b4-3-. The lowest BCUT2D eigenvalue weighted by molar-refractivity contribution is 0.302. The van der Waals surface area contributed by atoms with Crippen LogP contribution in [0.3, 0.4) is 0 Å². The first kappa shape index (κ1) is 8.66. The summed E-state index contributed by atoms with van der Waals surface area (Å²) in [7, 11) is 4.03. The average molecular weight is 129 g/mol. The van der Waals surface area contributed by atoms with Gasteiger partial charge in [-0.3, -0.25) is 0 Å². The van der Waals surface area contributed by atoms with Crippen molar-refractivity contribution in [2.75, 3.05) is 27.2 Å². The molecular formula is C7H15NO. The Morgan fingerprint density at radius 3 is 2.44 bits per heavy atom. The van der Waals surface area contributed by atoms with Gasteiger partial charge in [0.2, 0.25) is 0 Å². The van der Waals surface area contributed by atoms with Crippen molar-refractivity contribution in [2.45, 2.75) is 6.42 Å². The summed E-state index contributed by atoms with van der Waals surface area (Å²) in [6, 6.07) is 0. The molecule has 0 aromatic carbocycles. The Morgan fingerprint density at radius 2 is 2.00 bits per heavy atom. The summed E-state index contributed by atoms with van der Waals surface area (Å²) in [5, 5.41) is 8.37. The Hall–Kier alpha value is -0.340. The van der Waals surface area contributed by atoms with E-state index in [1.54, 1.807) is 0 Å². The van der Waals surface area contributed by atoms with Gasteiger partial charge in [-0.2, -0.15) is 0 Å². The van der Waals surface area contributed by atoms with Gasteiger partial charge in [-0.1, -0.05) is 12.2 Å². The van der Waals surface area contributed by atoms with Crippen molar-refractivity contribution in [2.24, 2.45) is 0 Å². The minimum absolute atomic E-state index is 0.254. The molecule has 1 N–H and O–H groups in total. The van der Waals surface area contributed by atoms with Gasteiger partial charge >= 0.3 is 0 Å². The number of aliphatic hydroxyl groups is 1. The first-order valence-electron chi connectivity index (χ1n) is 3.18. The van der Waals surface area contributed by atoms with Crippen LogP contribution >= 0.6 is 0 Å². The molecule has 0 fully saturated rings. The second kappa shape index (κ2) is 5.79. The van der Waals surface area contributed by atoms with Crippen molar-refractivity contribution in [1.82, 2.24) is 4.90 Å². The zero-order valence-electron chi connectivity index (χ0n) is 6.17. The monoisotopic (exact) mass is 129 g/mol. The molecule has 0 spiro atoms. The zero-order chi connectivity index (χ0) is 7.11. The first-order chi connectivity index (χ1) is 4.27. The zero-order valence-corrected chi connectivity index (χ0v) is 6.17. The summed E-state index contributed by atoms with van der Waals surface area (Å²) in [4.78, 5) is 2.08. The highest BCUT2D eigenvalue weighted by Crippen LogP contribution is 1.81. The number of rotatable bonds is 4. The van der Waals surface area contributed by atoms with Crippen LogP contribution in [0.2, 0.25) is 0 Å². The van der Waals surface area contributed by atoms with Crippen LogP contribution in [0, 0.1) is 0 Å². The second-order valence-corrected chi connectivity index (χ2v) is 2.25. The molecule has 54 valence electrons. The molecular weight excluding hydrogens is 114 g/mol. The summed E-state index contributed by atoms with van der Waals surface area (Å²) >= 11 is 0. The molecule has 0 saturated carbocycles. The molecule has 0 aliphatic heterocycles. The molecule has 0 aromatic heterocycles. The molecule has 0 bridgehead atoms. The SMILES string of the molecule is CN(C)C/C=C\CCO. The van der Waals surface area contributed by atoms with Crippen LogP contribution in [0.15, 0.2) is 12.2 Å². The molecule has 0 aromatic rings. The maximum Gasteiger partial charge on any atom is 0.0465 e. The fourth-order valence-electron chi connectivity index (χ4n) is 0.478. The van der Waals surface area contributed by atoms with Crippen LogP contribution in [-0.2, 0) is 0 Å². The van der Waals surface area contributed by atoms with Gasteiger partial charge in [0.05, 0.1) is 0 Å². The van der Waals surface area contributed by atoms with Crippen molar-refractivity contribution in [3.63, 3.8) is 0 Å². The van der Waals surface area contributed by atoms with Crippen molar-refractivity contribution in [3.8, 4) is 0 Å². The van der Waals surface area contributed by atoms with Gasteiger partial charge in [0.1, 0.15) is 0 Å². The molecule has 0 aliphatic carbocycles. The Labute approximate surface area is 56.8 Å². The quantitative estimate of drug-likeness (QED) is 0.558.